The fraction of sp³-hybridized carbons (Fsp3) is 0.350. The van der Waals surface area contributed by atoms with E-state index in [0.29, 0.717) is 38.2 Å². The lowest BCUT2D eigenvalue weighted by atomic mass is 10.0. The van der Waals surface area contributed by atoms with Crippen molar-refractivity contribution < 1.29 is 27.2 Å². The van der Waals surface area contributed by atoms with Crippen molar-refractivity contribution in [1.82, 2.24) is 14.7 Å². The van der Waals surface area contributed by atoms with Crippen molar-refractivity contribution >= 4 is 17.9 Å². The molecule has 6 nitrogen and oxygen atoms in total. The monoisotopic (exact) mass is 671 g/mol. The molecular weight excluding hydrogens is 627 g/mol. The lowest BCUT2D eigenvalue weighted by Crippen LogP contribution is -2.56. The lowest BCUT2D eigenvalue weighted by molar-refractivity contribution is -0.145. The molecule has 1 atom stereocenters. The number of carbonyl (C=O) groups is 2. The Morgan fingerprint density at radius 3 is 2.16 bits per heavy atom. The van der Waals surface area contributed by atoms with Gasteiger partial charge in [0.1, 0.15) is 6.04 Å². The first-order valence-electron chi connectivity index (χ1n) is 17.0. The Labute approximate surface area is 286 Å². The van der Waals surface area contributed by atoms with Gasteiger partial charge in [0.15, 0.2) is 0 Å². The number of hydrogen-bond donors (Lipinski definition) is 0. The molecule has 1 aromatic heterocycles. The van der Waals surface area contributed by atoms with E-state index < -0.39 is 17.8 Å². The zero-order valence-electron chi connectivity index (χ0n) is 27.9. The largest absolute Gasteiger partial charge is 0.472 e. The summed E-state index contributed by atoms with van der Waals surface area (Å²) in [6.45, 7) is 5.55. The standard InChI is InChI=1S/C40H44F3N3O3/c1-2-3-5-8-31-11-13-34(14-12-31)29-46(38(47)20-17-32-15-18-36(19-16-32)40(41,42)43)37(27-33-9-6-4-7-10-33)39(48)45-24-22-44(23-25-45)28-35-21-26-49-30-35/h4,6-7,9-21,26,30,37H,2-3,5,8,22-25,27-29H2,1H3/b20-17+/t37-/m0/s1. The lowest BCUT2D eigenvalue weighted by Gasteiger charge is -2.39. The SMILES string of the molecule is CCCCCc1ccc(CN(C(=O)/C=C/c2ccc(C(F)(F)F)cc2)[C@@H](Cc2ccccc2)C(=O)N2CCN(Cc3ccoc3)CC2)cc1. The van der Waals surface area contributed by atoms with Crippen LogP contribution in [0.5, 0.6) is 0 Å². The van der Waals surface area contributed by atoms with Gasteiger partial charge in [-0.25, -0.2) is 0 Å². The van der Waals surface area contributed by atoms with Gasteiger partial charge >= 0.3 is 6.18 Å². The van der Waals surface area contributed by atoms with Crippen molar-refractivity contribution in [3.05, 3.63) is 137 Å². The second-order valence-electron chi connectivity index (χ2n) is 12.6. The normalized spacial score (nSPS) is 14.7. The van der Waals surface area contributed by atoms with Gasteiger partial charge in [0.25, 0.3) is 0 Å². The molecule has 2 amide bonds. The Morgan fingerprint density at radius 2 is 1.53 bits per heavy atom. The number of carbonyl (C=O) groups excluding carboxylic acids is 2. The van der Waals surface area contributed by atoms with Gasteiger partial charge < -0.3 is 14.2 Å². The van der Waals surface area contributed by atoms with Crippen LogP contribution in [0.1, 0.15) is 59.6 Å². The van der Waals surface area contributed by atoms with Gasteiger partial charge in [0, 0.05) is 57.3 Å². The Kier molecular flexibility index (Phi) is 12.5. The maximum atomic E-state index is 14.4. The average molecular weight is 672 g/mol. The molecule has 0 radical (unpaired) electrons. The van der Waals surface area contributed by atoms with Gasteiger partial charge in [-0.15, -0.1) is 0 Å². The first-order chi connectivity index (χ1) is 23.7. The molecule has 0 saturated carbocycles. The highest BCUT2D eigenvalue weighted by molar-refractivity contribution is 5.95. The van der Waals surface area contributed by atoms with Crippen molar-refractivity contribution in [2.75, 3.05) is 26.2 Å². The molecule has 5 rings (SSSR count). The highest BCUT2D eigenvalue weighted by atomic mass is 19.4. The third-order valence-corrected chi connectivity index (χ3v) is 8.99. The summed E-state index contributed by atoms with van der Waals surface area (Å²) < 4.78 is 44.6. The predicted octanol–water partition coefficient (Wildman–Crippen LogP) is 8.03. The van der Waals surface area contributed by atoms with Crippen LogP contribution in [0.25, 0.3) is 6.08 Å². The van der Waals surface area contributed by atoms with Crippen LogP contribution in [-0.4, -0.2) is 58.7 Å². The van der Waals surface area contributed by atoms with E-state index >= 15 is 0 Å². The number of alkyl halides is 3. The van der Waals surface area contributed by atoms with Crippen LogP contribution in [0.2, 0.25) is 0 Å². The first-order valence-corrected chi connectivity index (χ1v) is 17.0. The summed E-state index contributed by atoms with van der Waals surface area (Å²) in [7, 11) is 0. The summed E-state index contributed by atoms with van der Waals surface area (Å²) in [5.41, 5.74) is 3.82. The fourth-order valence-electron chi connectivity index (χ4n) is 6.12. The number of aryl methyl sites for hydroxylation is 1. The molecule has 0 N–H and O–H groups in total. The number of hydrogen-bond acceptors (Lipinski definition) is 4. The van der Waals surface area contributed by atoms with E-state index in [1.165, 1.54) is 29.8 Å². The molecule has 0 unspecified atom stereocenters. The van der Waals surface area contributed by atoms with Gasteiger partial charge in [-0.1, -0.05) is 86.5 Å². The van der Waals surface area contributed by atoms with E-state index in [4.69, 9.17) is 4.42 Å². The summed E-state index contributed by atoms with van der Waals surface area (Å²) >= 11 is 0. The molecule has 1 saturated heterocycles. The van der Waals surface area contributed by atoms with Gasteiger partial charge in [-0.2, -0.15) is 13.2 Å². The number of halogens is 3. The van der Waals surface area contributed by atoms with E-state index in [0.717, 1.165) is 61.1 Å². The summed E-state index contributed by atoms with van der Waals surface area (Å²) in [5, 5.41) is 0. The van der Waals surface area contributed by atoms with Crippen molar-refractivity contribution in [2.24, 2.45) is 0 Å². The summed E-state index contributed by atoms with van der Waals surface area (Å²) in [5.74, 6) is -0.515. The third-order valence-electron chi connectivity index (χ3n) is 8.99. The minimum Gasteiger partial charge on any atom is -0.472 e. The Balaban J connectivity index is 1.40. The topological polar surface area (TPSA) is 57.0 Å². The molecule has 1 fully saturated rings. The summed E-state index contributed by atoms with van der Waals surface area (Å²) in [4.78, 5) is 34.3. The maximum Gasteiger partial charge on any atom is 0.416 e. The van der Waals surface area contributed by atoms with E-state index in [-0.39, 0.29) is 18.4 Å². The van der Waals surface area contributed by atoms with Crippen LogP contribution >= 0.6 is 0 Å². The third kappa shape index (κ3) is 10.4. The van der Waals surface area contributed by atoms with Gasteiger partial charge in [-0.05, 0) is 59.4 Å². The van der Waals surface area contributed by atoms with Crippen LogP contribution in [0.4, 0.5) is 13.2 Å². The van der Waals surface area contributed by atoms with Crippen molar-refractivity contribution in [1.29, 1.82) is 0 Å². The van der Waals surface area contributed by atoms with E-state index in [1.807, 2.05) is 53.4 Å². The highest BCUT2D eigenvalue weighted by Crippen LogP contribution is 2.29. The minimum absolute atomic E-state index is 0.126. The molecule has 9 heteroatoms. The number of piperazine rings is 1. The number of amides is 2. The Hall–Kier alpha value is -4.63. The van der Waals surface area contributed by atoms with Gasteiger partial charge in [0.05, 0.1) is 18.1 Å². The van der Waals surface area contributed by atoms with Crippen LogP contribution in [0.15, 0.2) is 108 Å². The van der Waals surface area contributed by atoms with E-state index in [1.54, 1.807) is 17.4 Å². The fourth-order valence-corrected chi connectivity index (χ4v) is 6.12. The zero-order valence-corrected chi connectivity index (χ0v) is 27.9. The molecule has 49 heavy (non-hydrogen) atoms. The Bertz CT molecular complexity index is 1630. The van der Waals surface area contributed by atoms with Crippen LogP contribution in [0, 0.1) is 0 Å². The van der Waals surface area contributed by atoms with Crippen molar-refractivity contribution in [2.45, 2.75) is 64.3 Å². The summed E-state index contributed by atoms with van der Waals surface area (Å²) in [6, 6.07) is 23.7. The number of rotatable bonds is 14. The molecule has 0 spiro atoms. The number of nitrogens with zero attached hydrogens (tertiary/aromatic N) is 3. The quantitative estimate of drug-likeness (QED) is 0.101. The van der Waals surface area contributed by atoms with Crippen molar-refractivity contribution in [3.63, 3.8) is 0 Å². The molecule has 3 aromatic carbocycles. The molecule has 2 heterocycles. The molecular formula is C40H44F3N3O3. The average Bonchev–Trinajstić information content (AvgIpc) is 3.63. The number of furan rings is 1. The number of unbranched alkanes of at least 4 members (excludes halogenated alkanes) is 2. The van der Waals surface area contributed by atoms with Crippen LogP contribution < -0.4 is 0 Å². The second kappa shape index (κ2) is 17.2. The molecule has 1 aliphatic rings. The Morgan fingerprint density at radius 1 is 0.837 bits per heavy atom. The van der Waals surface area contributed by atoms with E-state index in [2.05, 4.69) is 24.0 Å². The van der Waals surface area contributed by atoms with Crippen molar-refractivity contribution in [3.8, 4) is 0 Å². The highest BCUT2D eigenvalue weighted by Gasteiger charge is 2.34. The van der Waals surface area contributed by atoms with Gasteiger partial charge in [0.2, 0.25) is 11.8 Å². The molecule has 0 bridgehead atoms. The van der Waals surface area contributed by atoms with Crippen LogP contribution in [-0.2, 0) is 41.7 Å². The first kappa shape index (κ1) is 35.7. The van der Waals surface area contributed by atoms with Gasteiger partial charge in [-0.3, -0.25) is 14.5 Å². The minimum atomic E-state index is -4.45. The predicted molar refractivity (Wildman–Crippen MR) is 185 cm³/mol. The second-order valence-corrected chi connectivity index (χ2v) is 12.6. The molecule has 4 aromatic rings. The van der Waals surface area contributed by atoms with Crippen LogP contribution in [0.3, 0.4) is 0 Å². The molecule has 1 aliphatic heterocycles. The summed E-state index contributed by atoms with van der Waals surface area (Å²) in [6.07, 6.45) is 6.52. The molecule has 258 valence electrons. The smallest absolute Gasteiger partial charge is 0.416 e. The maximum absolute atomic E-state index is 14.4. The zero-order chi connectivity index (χ0) is 34.6. The molecule has 0 aliphatic carbocycles. The number of benzene rings is 3. The van der Waals surface area contributed by atoms with E-state index in [9.17, 15) is 22.8 Å².